The van der Waals surface area contributed by atoms with Crippen LogP contribution in [0.2, 0.25) is 0 Å². The Labute approximate surface area is 188 Å². The summed E-state index contributed by atoms with van der Waals surface area (Å²) in [6.45, 7) is 0. The normalized spacial score (nSPS) is 14.6. The molecule has 1 aliphatic rings. The van der Waals surface area contributed by atoms with E-state index in [9.17, 15) is 14.0 Å². The summed E-state index contributed by atoms with van der Waals surface area (Å²) in [5.41, 5.74) is 1.47. The van der Waals surface area contributed by atoms with Gasteiger partial charge in [0, 0.05) is 22.0 Å². The Kier molecular flexibility index (Phi) is 5.20. The fourth-order valence-electron chi connectivity index (χ4n) is 3.03. The van der Waals surface area contributed by atoms with Crippen molar-refractivity contribution in [3.8, 4) is 28.5 Å². The van der Waals surface area contributed by atoms with Crippen LogP contribution in [-0.2, 0) is 0 Å². The SMILES string of the molecule is COc1nccc(-c2cc(SNC3(C#N)CC3)cc3c2cnn3-c2nnc(C(F)F)s2)n1. The topological polar surface area (TPSA) is 114 Å². The number of hydrogen-bond donors (Lipinski definition) is 1. The molecule has 3 heterocycles. The van der Waals surface area contributed by atoms with Gasteiger partial charge in [0.1, 0.15) is 5.54 Å². The molecule has 0 amide bonds. The van der Waals surface area contributed by atoms with Crippen LogP contribution >= 0.6 is 23.3 Å². The lowest BCUT2D eigenvalue weighted by Crippen LogP contribution is -2.22. The molecular weight excluding hydrogens is 458 g/mol. The van der Waals surface area contributed by atoms with Gasteiger partial charge in [0.25, 0.3) is 6.43 Å². The van der Waals surface area contributed by atoms with Crippen LogP contribution in [0, 0.1) is 11.3 Å². The summed E-state index contributed by atoms with van der Waals surface area (Å²) in [7, 11) is 1.48. The van der Waals surface area contributed by atoms with Crippen molar-refractivity contribution in [3.05, 3.63) is 35.6 Å². The zero-order chi connectivity index (χ0) is 22.3. The molecule has 0 radical (unpaired) electrons. The first-order valence-electron chi connectivity index (χ1n) is 9.38. The fourth-order valence-corrected chi connectivity index (χ4v) is 4.61. The van der Waals surface area contributed by atoms with E-state index in [1.165, 1.54) is 23.7 Å². The van der Waals surface area contributed by atoms with Gasteiger partial charge >= 0.3 is 6.01 Å². The number of ether oxygens (including phenoxy) is 1. The highest BCUT2D eigenvalue weighted by Crippen LogP contribution is 2.39. The number of methoxy groups -OCH3 is 1. The standard InChI is InChI=1S/C19H14F2N8OS2/c1-30-17-23-5-2-13(25-17)11-6-10(32-28-19(9-22)3-4-19)7-14-12(11)8-24-29(14)18-27-26-16(31-18)15(20)21/h2,5-8,15,28H,3-4H2,1H3. The van der Waals surface area contributed by atoms with Crippen molar-refractivity contribution < 1.29 is 13.5 Å². The number of hydrogen-bond acceptors (Lipinski definition) is 10. The van der Waals surface area contributed by atoms with E-state index >= 15 is 0 Å². The molecule has 0 saturated heterocycles. The molecule has 1 N–H and O–H groups in total. The van der Waals surface area contributed by atoms with E-state index in [4.69, 9.17) is 4.74 Å². The largest absolute Gasteiger partial charge is 0.467 e. The number of nitrogens with zero attached hydrogens (tertiary/aromatic N) is 7. The fraction of sp³-hybridized carbons (Fsp3) is 0.263. The van der Waals surface area contributed by atoms with Gasteiger partial charge in [-0.2, -0.15) is 15.3 Å². The molecule has 0 atom stereocenters. The summed E-state index contributed by atoms with van der Waals surface area (Å²) in [4.78, 5) is 9.27. The van der Waals surface area contributed by atoms with Crippen LogP contribution < -0.4 is 9.46 Å². The quantitative estimate of drug-likeness (QED) is 0.400. The van der Waals surface area contributed by atoms with Crippen LogP contribution in [-0.4, -0.2) is 42.6 Å². The molecule has 1 saturated carbocycles. The van der Waals surface area contributed by atoms with Crippen molar-refractivity contribution in [2.45, 2.75) is 29.7 Å². The predicted molar refractivity (Wildman–Crippen MR) is 114 cm³/mol. The van der Waals surface area contributed by atoms with E-state index in [1.807, 2.05) is 12.1 Å². The Morgan fingerprint density at radius 3 is 2.88 bits per heavy atom. The first-order chi connectivity index (χ1) is 15.5. The van der Waals surface area contributed by atoms with Gasteiger partial charge in [-0.3, -0.25) is 0 Å². The molecule has 32 heavy (non-hydrogen) atoms. The van der Waals surface area contributed by atoms with Crippen LogP contribution in [0.15, 0.2) is 35.5 Å². The smallest absolute Gasteiger partial charge is 0.316 e. The van der Waals surface area contributed by atoms with Crippen molar-refractivity contribution in [2.24, 2.45) is 0 Å². The van der Waals surface area contributed by atoms with E-state index in [0.717, 1.165) is 40.0 Å². The summed E-state index contributed by atoms with van der Waals surface area (Å²) in [6, 6.07) is 8.03. The summed E-state index contributed by atoms with van der Waals surface area (Å²) in [5, 5.41) is 21.8. The molecule has 0 spiro atoms. The number of alkyl halides is 2. The second-order valence-corrected chi connectivity index (χ2v) is 8.88. The van der Waals surface area contributed by atoms with Crippen LogP contribution in [0.3, 0.4) is 0 Å². The molecule has 162 valence electrons. The van der Waals surface area contributed by atoms with Gasteiger partial charge in [-0.05, 0) is 43.0 Å². The zero-order valence-corrected chi connectivity index (χ0v) is 18.1. The van der Waals surface area contributed by atoms with Crippen molar-refractivity contribution >= 4 is 34.2 Å². The van der Waals surface area contributed by atoms with E-state index in [2.05, 4.69) is 36.1 Å². The predicted octanol–water partition coefficient (Wildman–Crippen LogP) is 3.93. The second-order valence-electron chi connectivity index (χ2n) is 7.01. The van der Waals surface area contributed by atoms with E-state index in [0.29, 0.717) is 11.2 Å². The van der Waals surface area contributed by atoms with Gasteiger partial charge in [-0.1, -0.05) is 11.3 Å². The molecule has 13 heteroatoms. The molecule has 0 bridgehead atoms. The van der Waals surface area contributed by atoms with E-state index < -0.39 is 12.0 Å². The Morgan fingerprint density at radius 1 is 1.34 bits per heavy atom. The monoisotopic (exact) mass is 472 g/mol. The summed E-state index contributed by atoms with van der Waals surface area (Å²) < 4.78 is 35.9. The molecule has 3 aromatic heterocycles. The first kappa shape index (κ1) is 20.7. The lowest BCUT2D eigenvalue weighted by Gasteiger charge is -2.11. The Morgan fingerprint density at radius 2 is 2.19 bits per heavy atom. The zero-order valence-electron chi connectivity index (χ0n) is 16.5. The number of halogens is 2. The Bertz CT molecular complexity index is 1340. The van der Waals surface area contributed by atoms with Crippen molar-refractivity contribution in [1.29, 1.82) is 5.26 Å². The average Bonchev–Trinajstić information content (AvgIpc) is 3.21. The maximum atomic E-state index is 13.0. The molecule has 0 unspecified atom stereocenters. The molecule has 4 aromatic rings. The minimum Gasteiger partial charge on any atom is -0.467 e. The molecular formula is C19H14F2N8OS2. The molecule has 9 nitrogen and oxygen atoms in total. The molecule has 1 aliphatic carbocycles. The maximum absolute atomic E-state index is 13.0. The van der Waals surface area contributed by atoms with Crippen LogP contribution in [0.25, 0.3) is 27.3 Å². The minimum absolute atomic E-state index is 0.214. The third-order valence-electron chi connectivity index (χ3n) is 4.88. The van der Waals surface area contributed by atoms with Gasteiger partial charge in [-0.15, -0.1) is 10.2 Å². The minimum atomic E-state index is -2.71. The third kappa shape index (κ3) is 3.77. The van der Waals surface area contributed by atoms with E-state index in [1.54, 1.807) is 18.5 Å². The van der Waals surface area contributed by atoms with Crippen molar-refractivity contribution in [3.63, 3.8) is 0 Å². The number of nitrogens with one attached hydrogen (secondary N) is 1. The lowest BCUT2D eigenvalue weighted by atomic mass is 10.1. The van der Waals surface area contributed by atoms with Gasteiger partial charge in [0.05, 0.1) is 30.6 Å². The maximum Gasteiger partial charge on any atom is 0.316 e. The van der Waals surface area contributed by atoms with Crippen LogP contribution in [0.1, 0.15) is 24.3 Å². The molecule has 5 rings (SSSR count). The number of rotatable bonds is 7. The second kappa shape index (κ2) is 8.05. The summed E-state index contributed by atoms with van der Waals surface area (Å²) in [5.74, 6) is 0. The number of nitriles is 1. The van der Waals surface area contributed by atoms with E-state index in [-0.39, 0.29) is 16.1 Å². The summed E-state index contributed by atoms with van der Waals surface area (Å²) in [6.07, 6.45) is 2.08. The highest BCUT2D eigenvalue weighted by molar-refractivity contribution is 7.97. The van der Waals surface area contributed by atoms with Crippen molar-refractivity contribution in [2.75, 3.05) is 7.11 Å². The van der Waals surface area contributed by atoms with Crippen molar-refractivity contribution in [1.82, 2.24) is 34.7 Å². The highest BCUT2D eigenvalue weighted by atomic mass is 32.2. The average molecular weight is 473 g/mol. The Hall–Kier alpha value is -3.21. The molecule has 1 aromatic carbocycles. The molecule has 0 aliphatic heterocycles. The van der Waals surface area contributed by atoms with Crippen LogP contribution in [0.5, 0.6) is 6.01 Å². The number of aromatic nitrogens is 6. The molecule has 1 fully saturated rings. The van der Waals surface area contributed by atoms with Gasteiger partial charge in [-0.25, -0.2) is 23.2 Å². The summed E-state index contributed by atoms with van der Waals surface area (Å²) >= 11 is 2.10. The van der Waals surface area contributed by atoms with Gasteiger partial charge < -0.3 is 4.74 Å². The highest BCUT2D eigenvalue weighted by Gasteiger charge is 2.43. The van der Waals surface area contributed by atoms with Crippen LogP contribution in [0.4, 0.5) is 8.78 Å². The third-order valence-corrected chi connectivity index (χ3v) is 6.75. The first-order valence-corrected chi connectivity index (χ1v) is 11.0. The lowest BCUT2D eigenvalue weighted by molar-refractivity contribution is 0.150. The van der Waals surface area contributed by atoms with Gasteiger partial charge in [0.15, 0.2) is 5.01 Å². The number of benzene rings is 1. The number of fused-ring (bicyclic) bond motifs is 1. The Balaban J connectivity index is 1.63. The van der Waals surface area contributed by atoms with Gasteiger partial charge in [0.2, 0.25) is 5.13 Å².